The summed E-state index contributed by atoms with van der Waals surface area (Å²) in [6.45, 7) is 13.1. The van der Waals surface area contributed by atoms with Crippen molar-refractivity contribution < 1.29 is 4.74 Å². The molecule has 3 rings (SSSR count). The van der Waals surface area contributed by atoms with Gasteiger partial charge in [0.05, 0.1) is 0 Å². The molecular formula is C26H40IN5O. The minimum atomic E-state index is 0. The molecule has 1 fully saturated rings. The van der Waals surface area contributed by atoms with Crippen molar-refractivity contribution in [1.82, 2.24) is 20.4 Å². The van der Waals surface area contributed by atoms with Crippen molar-refractivity contribution in [1.29, 1.82) is 0 Å². The van der Waals surface area contributed by atoms with Gasteiger partial charge < -0.3 is 25.2 Å². The highest BCUT2D eigenvalue weighted by molar-refractivity contribution is 14.0. The average molecular weight is 566 g/mol. The molecule has 1 aliphatic rings. The molecule has 2 aromatic carbocycles. The van der Waals surface area contributed by atoms with E-state index in [9.17, 15) is 0 Å². The van der Waals surface area contributed by atoms with Crippen LogP contribution in [0.1, 0.15) is 30.9 Å². The van der Waals surface area contributed by atoms with Crippen LogP contribution in [0.15, 0.2) is 53.5 Å². The standard InChI is InChI=1S/C26H39N5O.HI/c1-4-30-16-18-31(19-17-30)15-9-8-14-28-26(27-3)29-21-23-13-12-22(2)20-25(23)32-24-10-6-5-7-11-24;/h5-7,10-13,20H,4,8-9,14-19,21H2,1-3H3,(H2,27,28,29);1H. The van der Waals surface area contributed by atoms with E-state index in [4.69, 9.17) is 4.74 Å². The number of unbranched alkanes of at least 4 members (excludes halogenated alkanes) is 1. The molecule has 182 valence electrons. The fourth-order valence-corrected chi connectivity index (χ4v) is 3.91. The van der Waals surface area contributed by atoms with E-state index in [2.05, 4.69) is 57.5 Å². The first-order chi connectivity index (χ1) is 15.7. The van der Waals surface area contributed by atoms with E-state index in [0.717, 1.165) is 36.0 Å². The monoisotopic (exact) mass is 565 g/mol. The van der Waals surface area contributed by atoms with Gasteiger partial charge in [-0.15, -0.1) is 24.0 Å². The minimum absolute atomic E-state index is 0. The molecule has 0 saturated carbocycles. The molecule has 6 nitrogen and oxygen atoms in total. The molecule has 0 aromatic heterocycles. The molecular weight excluding hydrogens is 525 g/mol. The van der Waals surface area contributed by atoms with E-state index in [1.165, 1.54) is 51.3 Å². The molecule has 1 heterocycles. The highest BCUT2D eigenvalue weighted by Crippen LogP contribution is 2.26. The largest absolute Gasteiger partial charge is 0.457 e. The zero-order valence-electron chi connectivity index (χ0n) is 20.3. The lowest BCUT2D eigenvalue weighted by Gasteiger charge is -2.34. The molecule has 0 bridgehead atoms. The number of guanidine groups is 1. The number of nitrogens with zero attached hydrogens (tertiary/aromatic N) is 3. The minimum Gasteiger partial charge on any atom is -0.457 e. The van der Waals surface area contributed by atoms with Gasteiger partial charge in [-0.2, -0.15) is 0 Å². The Kier molecular flexibility index (Phi) is 12.6. The van der Waals surface area contributed by atoms with Crippen LogP contribution >= 0.6 is 24.0 Å². The van der Waals surface area contributed by atoms with Gasteiger partial charge in [0.2, 0.25) is 0 Å². The van der Waals surface area contributed by atoms with Crippen LogP contribution in [-0.4, -0.2) is 68.6 Å². The zero-order valence-corrected chi connectivity index (χ0v) is 22.7. The summed E-state index contributed by atoms with van der Waals surface area (Å²) in [6, 6.07) is 16.2. The summed E-state index contributed by atoms with van der Waals surface area (Å²) < 4.78 is 6.13. The summed E-state index contributed by atoms with van der Waals surface area (Å²) >= 11 is 0. The third kappa shape index (κ3) is 9.51. The molecule has 0 aliphatic carbocycles. The molecule has 1 aliphatic heterocycles. The van der Waals surface area contributed by atoms with Gasteiger partial charge in [0.1, 0.15) is 11.5 Å². The number of piperazine rings is 1. The van der Waals surface area contributed by atoms with Crippen molar-refractivity contribution >= 4 is 29.9 Å². The first-order valence-corrected chi connectivity index (χ1v) is 11.9. The highest BCUT2D eigenvalue weighted by atomic mass is 127. The molecule has 0 amide bonds. The van der Waals surface area contributed by atoms with Crippen molar-refractivity contribution in [2.75, 3.05) is 52.9 Å². The molecule has 0 unspecified atom stereocenters. The molecule has 1 saturated heterocycles. The SMILES string of the molecule is CCN1CCN(CCCCNC(=NC)NCc2ccc(C)cc2Oc2ccccc2)CC1.I. The fourth-order valence-electron chi connectivity index (χ4n) is 3.91. The average Bonchev–Trinajstić information content (AvgIpc) is 2.83. The number of hydrogen-bond acceptors (Lipinski definition) is 4. The first kappa shape index (κ1) is 27.4. The normalized spacial score (nSPS) is 15.1. The molecule has 2 N–H and O–H groups in total. The Hall–Kier alpha value is -1.84. The van der Waals surface area contributed by atoms with E-state index >= 15 is 0 Å². The number of likely N-dealkylation sites (N-methyl/N-ethyl adjacent to an activating group) is 1. The molecule has 0 radical (unpaired) electrons. The number of nitrogens with one attached hydrogen (secondary N) is 2. The topological polar surface area (TPSA) is 52.1 Å². The van der Waals surface area contributed by atoms with E-state index < -0.39 is 0 Å². The number of benzene rings is 2. The van der Waals surface area contributed by atoms with Crippen LogP contribution in [0.4, 0.5) is 0 Å². The predicted octanol–water partition coefficient (Wildman–Crippen LogP) is 4.49. The zero-order chi connectivity index (χ0) is 22.6. The van der Waals surface area contributed by atoms with Crippen LogP contribution in [-0.2, 0) is 6.54 Å². The van der Waals surface area contributed by atoms with Gasteiger partial charge in [0, 0.05) is 51.9 Å². The quantitative estimate of drug-likeness (QED) is 0.193. The number of para-hydroxylation sites is 1. The van der Waals surface area contributed by atoms with Crippen LogP contribution in [0.25, 0.3) is 0 Å². The first-order valence-electron chi connectivity index (χ1n) is 11.9. The number of aryl methyl sites for hydroxylation is 1. The van der Waals surface area contributed by atoms with E-state index in [0.29, 0.717) is 6.54 Å². The third-order valence-corrected chi connectivity index (χ3v) is 5.97. The Morgan fingerprint density at radius 1 is 0.970 bits per heavy atom. The van der Waals surface area contributed by atoms with Gasteiger partial charge in [-0.1, -0.05) is 37.3 Å². The van der Waals surface area contributed by atoms with Crippen LogP contribution in [0.3, 0.4) is 0 Å². The Balaban J connectivity index is 0.00000385. The van der Waals surface area contributed by atoms with Gasteiger partial charge in [-0.3, -0.25) is 4.99 Å². The molecule has 0 spiro atoms. The summed E-state index contributed by atoms with van der Waals surface area (Å²) in [7, 11) is 1.82. The van der Waals surface area contributed by atoms with Crippen molar-refractivity contribution in [2.45, 2.75) is 33.2 Å². The number of hydrogen-bond donors (Lipinski definition) is 2. The maximum absolute atomic E-state index is 6.13. The molecule has 33 heavy (non-hydrogen) atoms. The molecule has 7 heteroatoms. The van der Waals surface area contributed by atoms with Crippen molar-refractivity contribution in [3.05, 3.63) is 59.7 Å². The Bertz CT molecular complexity index is 838. The van der Waals surface area contributed by atoms with E-state index in [1.54, 1.807) is 0 Å². The summed E-state index contributed by atoms with van der Waals surface area (Å²) in [5, 5.41) is 6.87. The van der Waals surface area contributed by atoms with E-state index in [1.807, 2.05) is 37.4 Å². The predicted molar refractivity (Wildman–Crippen MR) is 149 cm³/mol. The van der Waals surface area contributed by atoms with Gasteiger partial charge in [-0.25, -0.2) is 0 Å². The van der Waals surface area contributed by atoms with Crippen molar-refractivity contribution in [2.24, 2.45) is 4.99 Å². The summed E-state index contributed by atoms with van der Waals surface area (Å²) in [4.78, 5) is 9.49. The van der Waals surface area contributed by atoms with Gasteiger partial charge >= 0.3 is 0 Å². The van der Waals surface area contributed by atoms with Crippen LogP contribution in [0, 0.1) is 6.92 Å². The number of ether oxygens (including phenoxy) is 1. The summed E-state index contributed by atoms with van der Waals surface area (Å²) in [5.74, 6) is 2.55. The Labute approximate surface area is 216 Å². The molecule has 2 aromatic rings. The van der Waals surface area contributed by atoms with Gasteiger partial charge in [-0.05, 0) is 56.6 Å². The maximum atomic E-state index is 6.13. The van der Waals surface area contributed by atoms with Crippen molar-refractivity contribution in [3.8, 4) is 11.5 Å². The Morgan fingerprint density at radius 3 is 2.39 bits per heavy atom. The third-order valence-electron chi connectivity index (χ3n) is 5.97. The molecule has 0 atom stereocenters. The Morgan fingerprint density at radius 2 is 1.70 bits per heavy atom. The van der Waals surface area contributed by atoms with Crippen LogP contribution in [0.2, 0.25) is 0 Å². The second kappa shape index (κ2) is 15.1. The fraction of sp³-hybridized carbons (Fsp3) is 0.500. The summed E-state index contributed by atoms with van der Waals surface area (Å²) in [5.41, 5.74) is 2.28. The number of rotatable bonds is 10. The maximum Gasteiger partial charge on any atom is 0.191 e. The van der Waals surface area contributed by atoms with Crippen LogP contribution in [0.5, 0.6) is 11.5 Å². The van der Waals surface area contributed by atoms with Crippen molar-refractivity contribution in [3.63, 3.8) is 0 Å². The highest BCUT2D eigenvalue weighted by Gasteiger charge is 2.14. The lowest BCUT2D eigenvalue weighted by molar-refractivity contribution is 0.136. The lowest BCUT2D eigenvalue weighted by Crippen LogP contribution is -2.46. The summed E-state index contributed by atoms with van der Waals surface area (Å²) in [6.07, 6.45) is 2.35. The second-order valence-electron chi connectivity index (χ2n) is 8.36. The lowest BCUT2D eigenvalue weighted by atomic mass is 10.1. The van der Waals surface area contributed by atoms with Gasteiger partial charge in [0.25, 0.3) is 0 Å². The smallest absolute Gasteiger partial charge is 0.191 e. The van der Waals surface area contributed by atoms with E-state index in [-0.39, 0.29) is 24.0 Å². The number of aliphatic imine (C=N–C) groups is 1. The van der Waals surface area contributed by atoms with Gasteiger partial charge in [0.15, 0.2) is 5.96 Å². The second-order valence-corrected chi connectivity index (χ2v) is 8.36. The number of halogens is 1. The van der Waals surface area contributed by atoms with Crippen LogP contribution < -0.4 is 15.4 Å².